The zero-order chi connectivity index (χ0) is 16.4. The molecule has 3 heteroatoms. The first-order valence-electron chi connectivity index (χ1n) is 9.18. The summed E-state index contributed by atoms with van der Waals surface area (Å²) in [6.45, 7) is 2.32. The van der Waals surface area contributed by atoms with Crippen molar-refractivity contribution in [3.8, 4) is 0 Å². The molecule has 0 spiro atoms. The summed E-state index contributed by atoms with van der Waals surface area (Å²) in [5.74, 6) is 0.824. The Bertz CT molecular complexity index is 670. The second-order valence-electron chi connectivity index (χ2n) is 7.33. The van der Waals surface area contributed by atoms with Gasteiger partial charge in [0.1, 0.15) is 0 Å². The lowest BCUT2D eigenvalue weighted by Crippen LogP contribution is -2.42. The van der Waals surface area contributed by atoms with Gasteiger partial charge in [-0.05, 0) is 55.8 Å². The molecule has 2 aromatic rings. The number of fused-ring (bicyclic) bond motifs is 1. The highest BCUT2D eigenvalue weighted by molar-refractivity contribution is 5.66. The van der Waals surface area contributed by atoms with Crippen LogP contribution in [0.4, 0.5) is 11.4 Å². The molecule has 3 unspecified atom stereocenters. The maximum atomic E-state index is 6.10. The molecule has 0 amide bonds. The van der Waals surface area contributed by atoms with Gasteiger partial charge in [0.2, 0.25) is 0 Å². The number of nitrogens with zero attached hydrogens (tertiary/aromatic N) is 1. The van der Waals surface area contributed by atoms with Crippen LogP contribution in [0.2, 0.25) is 0 Å². The molecule has 2 aromatic carbocycles. The van der Waals surface area contributed by atoms with Gasteiger partial charge in [0.15, 0.2) is 0 Å². The van der Waals surface area contributed by atoms with E-state index in [4.69, 9.17) is 5.73 Å². The van der Waals surface area contributed by atoms with E-state index in [1.165, 1.54) is 37.8 Å². The maximum Gasteiger partial charge on any atom is 0.0576 e. The highest BCUT2D eigenvalue weighted by atomic mass is 15.2. The van der Waals surface area contributed by atoms with E-state index < -0.39 is 0 Å². The SMILES string of the molecule is Nc1ccccc1NC1CC2CCCN(Cc3ccccc3)C2C1. The molecule has 3 nitrogen and oxygen atoms in total. The van der Waals surface area contributed by atoms with Crippen molar-refractivity contribution < 1.29 is 0 Å². The van der Waals surface area contributed by atoms with Crippen molar-refractivity contribution in [2.75, 3.05) is 17.6 Å². The van der Waals surface area contributed by atoms with Crippen molar-refractivity contribution in [3.05, 3.63) is 60.2 Å². The smallest absolute Gasteiger partial charge is 0.0576 e. The number of nitrogens with one attached hydrogen (secondary N) is 1. The fraction of sp³-hybridized carbons (Fsp3) is 0.429. The standard InChI is InChI=1S/C21H27N3/c22-19-10-4-5-11-20(19)23-18-13-17-9-6-12-24(21(17)14-18)15-16-7-2-1-3-8-16/h1-5,7-8,10-11,17-18,21,23H,6,9,12-15,22H2. The van der Waals surface area contributed by atoms with Gasteiger partial charge in [-0.2, -0.15) is 0 Å². The maximum absolute atomic E-state index is 6.10. The fourth-order valence-electron chi connectivity index (χ4n) is 4.56. The van der Waals surface area contributed by atoms with Crippen molar-refractivity contribution in [1.82, 2.24) is 4.90 Å². The number of likely N-dealkylation sites (tertiary alicyclic amines) is 1. The van der Waals surface area contributed by atoms with E-state index in [0.29, 0.717) is 12.1 Å². The van der Waals surface area contributed by atoms with Crippen LogP contribution >= 0.6 is 0 Å². The summed E-state index contributed by atoms with van der Waals surface area (Å²) < 4.78 is 0. The number of anilines is 2. The minimum atomic E-state index is 0.543. The number of hydrogen-bond acceptors (Lipinski definition) is 3. The van der Waals surface area contributed by atoms with E-state index in [1.54, 1.807) is 0 Å². The molecule has 3 N–H and O–H groups in total. The Morgan fingerprint density at radius 1 is 1.00 bits per heavy atom. The molecule has 2 aliphatic rings. The molecule has 126 valence electrons. The number of rotatable bonds is 4. The first kappa shape index (κ1) is 15.5. The van der Waals surface area contributed by atoms with Crippen molar-refractivity contribution >= 4 is 11.4 Å². The van der Waals surface area contributed by atoms with Gasteiger partial charge in [-0.15, -0.1) is 0 Å². The molecule has 1 heterocycles. The third kappa shape index (κ3) is 3.27. The Labute approximate surface area is 144 Å². The molecule has 2 fully saturated rings. The lowest BCUT2D eigenvalue weighted by atomic mass is 9.91. The van der Waals surface area contributed by atoms with Gasteiger partial charge >= 0.3 is 0 Å². The molecule has 1 aliphatic heterocycles. The van der Waals surface area contributed by atoms with E-state index in [-0.39, 0.29) is 0 Å². The summed E-state index contributed by atoms with van der Waals surface area (Å²) in [5.41, 5.74) is 9.48. The predicted molar refractivity (Wildman–Crippen MR) is 101 cm³/mol. The first-order valence-corrected chi connectivity index (χ1v) is 9.18. The van der Waals surface area contributed by atoms with Crippen molar-refractivity contribution in [1.29, 1.82) is 0 Å². The third-order valence-electron chi connectivity index (χ3n) is 5.70. The third-order valence-corrected chi connectivity index (χ3v) is 5.70. The fourth-order valence-corrected chi connectivity index (χ4v) is 4.56. The van der Waals surface area contributed by atoms with Crippen LogP contribution in [0.3, 0.4) is 0 Å². The minimum Gasteiger partial charge on any atom is -0.397 e. The van der Waals surface area contributed by atoms with Crippen molar-refractivity contribution in [2.45, 2.75) is 44.3 Å². The topological polar surface area (TPSA) is 41.3 Å². The largest absolute Gasteiger partial charge is 0.397 e. The Balaban J connectivity index is 1.43. The van der Waals surface area contributed by atoms with Crippen LogP contribution in [-0.4, -0.2) is 23.5 Å². The molecule has 4 rings (SSSR count). The molecule has 0 radical (unpaired) electrons. The van der Waals surface area contributed by atoms with E-state index in [2.05, 4.69) is 52.7 Å². The summed E-state index contributed by atoms with van der Waals surface area (Å²) in [6, 6.07) is 20.3. The molecule has 1 saturated heterocycles. The quantitative estimate of drug-likeness (QED) is 0.832. The van der Waals surface area contributed by atoms with Crippen LogP contribution in [0.25, 0.3) is 0 Å². The van der Waals surface area contributed by atoms with E-state index in [9.17, 15) is 0 Å². The Hall–Kier alpha value is -2.00. The van der Waals surface area contributed by atoms with Gasteiger partial charge in [-0.3, -0.25) is 4.90 Å². The second kappa shape index (κ2) is 6.86. The Morgan fingerprint density at radius 2 is 1.79 bits per heavy atom. The van der Waals surface area contributed by atoms with Gasteiger partial charge in [-0.1, -0.05) is 42.5 Å². The molecule has 1 aliphatic carbocycles. The number of nitrogen functional groups attached to an aromatic ring is 1. The van der Waals surface area contributed by atoms with E-state index >= 15 is 0 Å². The number of piperidine rings is 1. The lowest BCUT2D eigenvalue weighted by molar-refractivity contribution is 0.106. The molecular weight excluding hydrogens is 294 g/mol. The van der Waals surface area contributed by atoms with Crippen LogP contribution in [0.15, 0.2) is 54.6 Å². The van der Waals surface area contributed by atoms with Crippen molar-refractivity contribution in [2.24, 2.45) is 5.92 Å². The van der Waals surface area contributed by atoms with Gasteiger partial charge in [0.25, 0.3) is 0 Å². The normalized spacial score (nSPS) is 26.9. The predicted octanol–water partition coefficient (Wildman–Crippen LogP) is 4.12. The van der Waals surface area contributed by atoms with Crippen molar-refractivity contribution in [3.63, 3.8) is 0 Å². The monoisotopic (exact) mass is 321 g/mol. The lowest BCUT2D eigenvalue weighted by Gasteiger charge is -2.37. The van der Waals surface area contributed by atoms with Crippen LogP contribution in [-0.2, 0) is 6.54 Å². The zero-order valence-electron chi connectivity index (χ0n) is 14.2. The number of para-hydroxylation sites is 2. The van der Waals surface area contributed by atoms with Crippen LogP contribution in [0, 0.1) is 5.92 Å². The number of nitrogens with two attached hydrogens (primary N) is 1. The Kier molecular flexibility index (Phi) is 4.44. The summed E-state index contributed by atoms with van der Waals surface area (Å²) in [6.07, 6.45) is 5.20. The second-order valence-corrected chi connectivity index (χ2v) is 7.33. The summed E-state index contributed by atoms with van der Waals surface area (Å²) in [7, 11) is 0. The minimum absolute atomic E-state index is 0.543. The van der Waals surface area contributed by atoms with E-state index in [1.807, 2.05) is 12.1 Å². The highest BCUT2D eigenvalue weighted by Gasteiger charge is 2.39. The van der Waals surface area contributed by atoms with Gasteiger partial charge in [0, 0.05) is 18.6 Å². The van der Waals surface area contributed by atoms with Crippen LogP contribution in [0.5, 0.6) is 0 Å². The molecule has 0 bridgehead atoms. The summed E-state index contributed by atoms with van der Waals surface area (Å²) in [4.78, 5) is 2.71. The van der Waals surface area contributed by atoms with Gasteiger partial charge in [0.05, 0.1) is 11.4 Å². The zero-order valence-corrected chi connectivity index (χ0v) is 14.2. The summed E-state index contributed by atoms with van der Waals surface area (Å²) in [5, 5.41) is 3.70. The van der Waals surface area contributed by atoms with Crippen LogP contribution in [0.1, 0.15) is 31.2 Å². The van der Waals surface area contributed by atoms with Gasteiger partial charge < -0.3 is 11.1 Å². The highest BCUT2D eigenvalue weighted by Crippen LogP contribution is 2.39. The molecule has 24 heavy (non-hydrogen) atoms. The van der Waals surface area contributed by atoms with Gasteiger partial charge in [-0.25, -0.2) is 0 Å². The van der Waals surface area contributed by atoms with Crippen LogP contribution < -0.4 is 11.1 Å². The van der Waals surface area contributed by atoms with E-state index in [0.717, 1.165) is 23.8 Å². The average Bonchev–Trinajstić information content (AvgIpc) is 3.02. The summed E-state index contributed by atoms with van der Waals surface area (Å²) >= 11 is 0. The molecular formula is C21H27N3. The first-order chi connectivity index (χ1) is 11.8. The number of hydrogen-bond donors (Lipinski definition) is 2. The molecule has 1 saturated carbocycles. The molecule has 0 aromatic heterocycles. The average molecular weight is 321 g/mol. The number of benzene rings is 2. The Morgan fingerprint density at radius 3 is 2.62 bits per heavy atom. The molecule has 3 atom stereocenters.